The predicted octanol–water partition coefficient (Wildman–Crippen LogP) is 3.91. The van der Waals surface area contributed by atoms with E-state index in [0.717, 1.165) is 36.0 Å². The Morgan fingerprint density at radius 3 is 2.22 bits per heavy atom. The van der Waals surface area contributed by atoms with Crippen LogP contribution in [-0.4, -0.2) is 26.2 Å². The standard InChI is InChI=1S/C16H10N2O3S2/c19-9-2-4-11-13(7-9)23-16(18-11)15-17-10-3-1-8(6-14(20)21)5-12(10)22-15/h1-5,7,19H,6H2,(H,20,21). The van der Waals surface area contributed by atoms with E-state index in [2.05, 4.69) is 9.97 Å². The number of phenolic OH excluding ortho intramolecular Hbond substituents is 1. The van der Waals surface area contributed by atoms with E-state index in [-0.39, 0.29) is 12.2 Å². The van der Waals surface area contributed by atoms with Gasteiger partial charge in [-0.15, -0.1) is 22.7 Å². The molecule has 0 aliphatic heterocycles. The zero-order chi connectivity index (χ0) is 16.0. The van der Waals surface area contributed by atoms with Crippen LogP contribution in [0.25, 0.3) is 30.4 Å². The topological polar surface area (TPSA) is 83.3 Å². The fourth-order valence-corrected chi connectivity index (χ4v) is 4.40. The highest BCUT2D eigenvalue weighted by molar-refractivity contribution is 7.27. The largest absolute Gasteiger partial charge is 0.508 e. The number of carboxylic acid groups (broad SMARTS) is 1. The minimum absolute atomic E-state index is 0.00356. The van der Waals surface area contributed by atoms with Crippen LogP contribution in [0.2, 0.25) is 0 Å². The lowest BCUT2D eigenvalue weighted by Gasteiger charge is -1.95. The summed E-state index contributed by atoms with van der Waals surface area (Å²) in [6.45, 7) is 0. The number of aromatic hydroxyl groups is 1. The number of rotatable bonds is 3. The number of phenols is 1. The Labute approximate surface area is 138 Å². The Kier molecular flexibility index (Phi) is 3.24. The number of carbonyl (C=O) groups is 1. The Hall–Kier alpha value is -2.51. The number of benzene rings is 2. The summed E-state index contributed by atoms with van der Waals surface area (Å²) < 4.78 is 1.85. The van der Waals surface area contributed by atoms with E-state index >= 15 is 0 Å². The van der Waals surface area contributed by atoms with Crippen molar-refractivity contribution in [2.24, 2.45) is 0 Å². The molecule has 0 unspecified atom stereocenters. The number of aliphatic carboxylic acids is 1. The molecule has 2 aromatic carbocycles. The van der Waals surface area contributed by atoms with Crippen LogP contribution in [0.3, 0.4) is 0 Å². The van der Waals surface area contributed by atoms with E-state index in [4.69, 9.17) is 5.11 Å². The van der Waals surface area contributed by atoms with Gasteiger partial charge >= 0.3 is 5.97 Å². The molecule has 0 fully saturated rings. The van der Waals surface area contributed by atoms with Crippen LogP contribution in [0.5, 0.6) is 5.75 Å². The van der Waals surface area contributed by atoms with Gasteiger partial charge in [0, 0.05) is 0 Å². The maximum Gasteiger partial charge on any atom is 0.307 e. The summed E-state index contributed by atoms with van der Waals surface area (Å²) in [7, 11) is 0. The molecule has 0 radical (unpaired) electrons. The molecule has 114 valence electrons. The Bertz CT molecular complexity index is 1050. The van der Waals surface area contributed by atoms with Gasteiger partial charge in [-0.25, -0.2) is 9.97 Å². The Morgan fingerprint density at radius 1 is 0.957 bits per heavy atom. The van der Waals surface area contributed by atoms with Crippen LogP contribution in [0.15, 0.2) is 36.4 Å². The van der Waals surface area contributed by atoms with Crippen molar-refractivity contribution in [1.82, 2.24) is 9.97 Å². The third kappa shape index (κ3) is 2.64. The summed E-state index contributed by atoms with van der Waals surface area (Å²) in [6, 6.07) is 10.6. The average Bonchev–Trinajstić information content (AvgIpc) is 3.08. The number of hydrogen-bond acceptors (Lipinski definition) is 6. The van der Waals surface area contributed by atoms with Crippen LogP contribution < -0.4 is 0 Å². The second-order valence-corrected chi connectivity index (χ2v) is 7.12. The minimum atomic E-state index is -0.847. The van der Waals surface area contributed by atoms with Crippen molar-refractivity contribution in [2.45, 2.75) is 6.42 Å². The molecular weight excluding hydrogens is 332 g/mol. The SMILES string of the molecule is O=C(O)Cc1ccc2nc(-c3nc4ccc(O)cc4s3)sc2c1. The van der Waals surface area contributed by atoms with Crippen molar-refractivity contribution in [3.63, 3.8) is 0 Å². The van der Waals surface area contributed by atoms with Gasteiger partial charge < -0.3 is 10.2 Å². The molecular formula is C16H10N2O3S2. The molecule has 0 amide bonds. The Balaban J connectivity index is 1.79. The molecule has 23 heavy (non-hydrogen) atoms. The molecule has 0 atom stereocenters. The van der Waals surface area contributed by atoms with Gasteiger partial charge in [0.2, 0.25) is 0 Å². The molecule has 2 N–H and O–H groups in total. The lowest BCUT2D eigenvalue weighted by Crippen LogP contribution is -1.99. The van der Waals surface area contributed by atoms with Crippen LogP contribution in [0, 0.1) is 0 Å². The van der Waals surface area contributed by atoms with Gasteiger partial charge in [0.05, 0.1) is 26.9 Å². The van der Waals surface area contributed by atoms with Crippen LogP contribution >= 0.6 is 22.7 Å². The monoisotopic (exact) mass is 342 g/mol. The number of fused-ring (bicyclic) bond motifs is 2. The summed E-state index contributed by atoms with van der Waals surface area (Å²) in [5.41, 5.74) is 2.42. The maximum atomic E-state index is 10.8. The first-order valence-electron chi connectivity index (χ1n) is 6.80. The molecule has 0 saturated heterocycles. The molecule has 0 aliphatic rings. The number of hydrogen-bond donors (Lipinski definition) is 2. The number of carboxylic acids is 1. The van der Waals surface area contributed by atoms with E-state index in [9.17, 15) is 9.90 Å². The van der Waals surface area contributed by atoms with Crippen LogP contribution in [0.1, 0.15) is 5.56 Å². The molecule has 4 rings (SSSR count). The van der Waals surface area contributed by atoms with Gasteiger partial charge in [0.25, 0.3) is 0 Å². The van der Waals surface area contributed by atoms with Crippen LogP contribution in [0.4, 0.5) is 0 Å². The molecule has 2 aromatic heterocycles. The van der Waals surface area contributed by atoms with E-state index in [1.54, 1.807) is 24.3 Å². The first kappa shape index (κ1) is 14.1. The smallest absolute Gasteiger partial charge is 0.307 e. The summed E-state index contributed by atoms with van der Waals surface area (Å²) in [4.78, 5) is 19.9. The molecule has 7 heteroatoms. The quantitative estimate of drug-likeness (QED) is 0.590. The van der Waals surface area contributed by atoms with Gasteiger partial charge in [-0.1, -0.05) is 6.07 Å². The van der Waals surface area contributed by atoms with Crippen molar-refractivity contribution < 1.29 is 15.0 Å². The summed E-state index contributed by atoms with van der Waals surface area (Å²) >= 11 is 2.97. The molecule has 5 nitrogen and oxygen atoms in total. The van der Waals surface area contributed by atoms with Gasteiger partial charge in [-0.05, 0) is 35.9 Å². The average molecular weight is 342 g/mol. The van der Waals surface area contributed by atoms with E-state index in [1.165, 1.54) is 22.7 Å². The lowest BCUT2D eigenvalue weighted by molar-refractivity contribution is -0.136. The third-order valence-electron chi connectivity index (χ3n) is 3.36. The van der Waals surface area contributed by atoms with Gasteiger partial charge in [-0.3, -0.25) is 4.79 Å². The number of nitrogens with zero attached hydrogens (tertiary/aromatic N) is 2. The normalized spacial score (nSPS) is 11.3. The van der Waals surface area contributed by atoms with Gasteiger partial charge in [0.1, 0.15) is 5.75 Å². The summed E-state index contributed by atoms with van der Waals surface area (Å²) in [5, 5.41) is 20.0. The van der Waals surface area contributed by atoms with E-state index < -0.39 is 5.97 Å². The highest BCUT2D eigenvalue weighted by atomic mass is 32.1. The summed E-state index contributed by atoms with van der Waals surface area (Å²) in [6.07, 6.45) is 0.00356. The highest BCUT2D eigenvalue weighted by Crippen LogP contribution is 2.36. The summed E-state index contributed by atoms with van der Waals surface area (Å²) in [5.74, 6) is -0.629. The third-order valence-corrected chi connectivity index (χ3v) is 5.54. The zero-order valence-electron chi connectivity index (χ0n) is 11.7. The minimum Gasteiger partial charge on any atom is -0.508 e. The highest BCUT2D eigenvalue weighted by Gasteiger charge is 2.12. The van der Waals surface area contributed by atoms with Gasteiger partial charge in [0.15, 0.2) is 10.0 Å². The number of thiazole rings is 2. The first-order valence-corrected chi connectivity index (χ1v) is 8.43. The van der Waals surface area contributed by atoms with E-state index in [0.29, 0.717) is 0 Å². The van der Waals surface area contributed by atoms with Crippen LogP contribution in [-0.2, 0) is 11.2 Å². The molecule has 0 spiro atoms. The fraction of sp³-hybridized carbons (Fsp3) is 0.0625. The lowest BCUT2D eigenvalue weighted by atomic mass is 10.1. The van der Waals surface area contributed by atoms with Crippen molar-refractivity contribution in [1.29, 1.82) is 0 Å². The van der Waals surface area contributed by atoms with Gasteiger partial charge in [-0.2, -0.15) is 0 Å². The predicted molar refractivity (Wildman–Crippen MR) is 91.2 cm³/mol. The maximum absolute atomic E-state index is 10.8. The molecule has 4 aromatic rings. The number of aromatic nitrogens is 2. The second kappa shape index (κ2) is 5.29. The van der Waals surface area contributed by atoms with Crippen molar-refractivity contribution in [3.8, 4) is 15.8 Å². The molecule has 0 bridgehead atoms. The molecule has 0 aliphatic carbocycles. The van der Waals surface area contributed by atoms with Crippen molar-refractivity contribution in [3.05, 3.63) is 42.0 Å². The fourth-order valence-electron chi connectivity index (χ4n) is 2.35. The Morgan fingerprint density at radius 2 is 1.57 bits per heavy atom. The van der Waals surface area contributed by atoms with Crippen molar-refractivity contribution in [2.75, 3.05) is 0 Å². The molecule has 0 saturated carbocycles. The first-order chi connectivity index (χ1) is 11.1. The van der Waals surface area contributed by atoms with Crippen molar-refractivity contribution >= 4 is 49.1 Å². The van der Waals surface area contributed by atoms with E-state index in [1.807, 2.05) is 12.1 Å². The molecule has 2 heterocycles. The second-order valence-electron chi connectivity index (χ2n) is 5.06. The zero-order valence-corrected chi connectivity index (χ0v) is 13.3.